The number of rotatable bonds is 2. The molecule has 0 unspecified atom stereocenters. The van der Waals surface area contributed by atoms with Crippen molar-refractivity contribution in [3.05, 3.63) is 58.6 Å². The average Bonchev–Trinajstić information content (AvgIpc) is 3.18. The van der Waals surface area contributed by atoms with E-state index in [9.17, 15) is 0 Å². The van der Waals surface area contributed by atoms with Crippen LogP contribution in [0.4, 0.5) is 0 Å². The molecule has 1 aliphatic carbocycles. The van der Waals surface area contributed by atoms with Crippen molar-refractivity contribution in [1.82, 2.24) is 14.0 Å². The van der Waals surface area contributed by atoms with Gasteiger partial charge in [0.15, 0.2) is 5.49 Å². The standard InChI is InChI=1S/C20H17BrN4/c21-15-6-7-17-18(10-15)24-9-8-14-2-1-3-16(19(14)24)20-22-23(12-25(17)20)11-13-4-5-13/h1-3,6-10,13H,4-5,11-12H2. The summed E-state index contributed by atoms with van der Waals surface area (Å²) in [5, 5.41) is 9.75. The second kappa shape index (κ2) is 4.88. The molecular weight excluding hydrogens is 376 g/mol. The Balaban J connectivity index is 1.81. The second-order valence-electron chi connectivity index (χ2n) is 7.19. The smallest absolute Gasteiger partial charge is 0.164 e. The highest BCUT2D eigenvalue weighted by atomic mass is 79.9. The normalized spacial score (nSPS) is 16.8. The van der Waals surface area contributed by atoms with Gasteiger partial charge in [-0.2, -0.15) is 5.10 Å². The number of benzene rings is 2. The maximum atomic E-state index is 5.03. The lowest BCUT2D eigenvalue weighted by Gasteiger charge is -2.14. The summed E-state index contributed by atoms with van der Waals surface area (Å²) in [6.45, 7) is 1.91. The second-order valence-corrected chi connectivity index (χ2v) is 8.10. The monoisotopic (exact) mass is 392 g/mol. The maximum Gasteiger partial charge on any atom is 0.164 e. The van der Waals surface area contributed by atoms with Gasteiger partial charge in [0, 0.05) is 28.0 Å². The Morgan fingerprint density at radius 2 is 2.00 bits per heavy atom. The molecule has 1 aliphatic heterocycles. The molecule has 6 rings (SSSR count). The van der Waals surface area contributed by atoms with E-state index in [1.165, 1.54) is 40.2 Å². The molecule has 25 heavy (non-hydrogen) atoms. The van der Waals surface area contributed by atoms with Crippen LogP contribution >= 0.6 is 15.9 Å². The highest BCUT2D eigenvalue weighted by molar-refractivity contribution is 9.10. The van der Waals surface area contributed by atoms with Gasteiger partial charge in [-0.1, -0.05) is 28.1 Å². The van der Waals surface area contributed by atoms with Crippen LogP contribution in [0.25, 0.3) is 27.3 Å². The van der Waals surface area contributed by atoms with Gasteiger partial charge in [0.05, 0.1) is 16.6 Å². The van der Waals surface area contributed by atoms with Crippen LogP contribution < -0.4 is 5.49 Å². The van der Waals surface area contributed by atoms with Gasteiger partial charge >= 0.3 is 0 Å². The minimum atomic E-state index is 0.830. The highest BCUT2D eigenvalue weighted by Gasteiger charge is 2.26. The molecule has 0 bridgehead atoms. The number of aromatic nitrogens is 2. The molecule has 0 radical (unpaired) electrons. The maximum absolute atomic E-state index is 5.03. The van der Waals surface area contributed by atoms with Crippen molar-refractivity contribution in [2.24, 2.45) is 11.0 Å². The van der Waals surface area contributed by atoms with Gasteiger partial charge in [-0.3, -0.25) is 5.01 Å². The van der Waals surface area contributed by atoms with E-state index in [1.807, 2.05) is 0 Å². The molecule has 0 amide bonds. The number of nitrogens with zero attached hydrogens (tertiary/aromatic N) is 4. The van der Waals surface area contributed by atoms with Gasteiger partial charge in [0.2, 0.25) is 0 Å². The first-order chi connectivity index (χ1) is 12.3. The van der Waals surface area contributed by atoms with Crippen LogP contribution in [0.3, 0.4) is 0 Å². The van der Waals surface area contributed by atoms with Crippen molar-refractivity contribution in [3.8, 4) is 0 Å². The number of fused-ring (bicyclic) bond motifs is 5. The molecule has 4 nitrogen and oxygen atoms in total. The summed E-state index contributed by atoms with van der Waals surface area (Å²) in [6, 6.07) is 15.2. The van der Waals surface area contributed by atoms with Crippen molar-refractivity contribution in [2.75, 3.05) is 6.54 Å². The van der Waals surface area contributed by atoms with Crippen LogP contribution in [0.15, 0.2) is 58.2 Å². The summed E-state index contributed by atoms with van der Waals surface area (Å²) in [7, 11) is 0. The first kappa shape index (κ1) is 14.0. The molecule has 2 aliphatic rings. The van der Waals surface area contributed by atoms with Crippen LogP contribution in [0.1, 0.15) is 12.8 Å². The van der Waals surface area contributed by atoms with Crippen LogP contribution in [-0.2, 0) is 6.67 Å². The molecule has 1 saturated carbocycles. The van der Waals surface area contributed by atoms with Gasteiger partial charge in [-0.15, -0.1) is 0 Å². The van der Waals surface area contributed by atoms with Crippen molar-refractivity contribution < 1.29 is 0 Å². The number of halogens is 1. The quantitative estimate of drug-likeness (QED) is 0.498. The van der Waals surface area contributed by atoms with E-state index in [1.54, 1.807) is 0 Å². The molecule has 1 fully saturated rings. The number of para-hydroxylation sites is 1. The van der Waals surface area contributed by atoms with E-state index >= 15 is 0 Å². The Labute approximate surface area is 153 Å². The zero-order valence-electron chi connectivity index (χ0n) is 13.7. The van der Waals surface area contributed by atoms with Crippen molar-refractivity contribution in [2.45, 2.75) is 19.5 Å². The van der Waals surface area contributed by atoms with Gasteiger partial charge in [-0.05, 0) is 49.1 Å². The Morgan fingerprint density at radius 3 is 2.88 bits per heavy atom. The molecule has 3 heterocycles. The van der Waals surface area contributed by atoms with Crippen molar-refractivity contribution in [3.63, 3.8) is 0 Å². The molecule has 0 N–H and O–H groups in total. The van der Waals surface area contributed by atoms with Crippen molar-refractivity contribution >= 4 is 43.3 Å². The molecule has 0 saturated heterocycles. The summed E-state index contributed by atoms with van der Waals surface area (Å²) in [6.07, 6.45) is 4.87. The summed E-state index contributed by atoms with van der Waals surface area (Å²) >= 11 is 3.65. The van der Waals surface area contributed by atoms with Crippen LogP contribution in [-0.4, -0.2) is 20.5 Å². The minimum absolute atomic E-state index is 0.830. The first-order valence-corrected chi connectivity index (χ1v) is 9.59. The van der Waals surface area contributed by atoms with Crippen LogP contribution in [0.2, 0.25) is 0 Å². The molecule has 0 atom stereocenters. The van der Waals surface area contributed by atoms with Crippen molar-refractivity contribution in [1.29, 1.82) is 0 Å². The Kier molecular flexibility index (Phi) is 2.73. The molecule has 2 aromatic carbocycles. The van der Waals surface area contributed by atoms with Crippen LogP contribution in [0.5, 0.6) is 0 Å². The summed E-state index contributed by atoms with van der Waals surface area (Å²) in [5.74, 6) is 0.830. The number of hydrogen-bond donors (Lipinski definition) is 0. The lowest BCUT2D eigenvalue weighted by molar-refractivity contribution is 0.249. The summed E-state index contributed by atoms with van der Waals surface area (Å²) in [4.78, 5) is 0. The third kappa shape index (κ3) is 2.02. The predicted octanol–water partition coefficient (Wildman–Crippen LogP) is 4.31. The van der Waals surface area contributed by atoms with E-state index < -0.39 is 0 Å². The molecule has 5 heteroatoms. The molecule has 4 aromatic rings. The van der Waals surface area contributed by atoms with Gasteiger partial charge in [-0.25, -0.2) is 0 Å². The first-order valence-electron chi connectivity index (χ1n) is 8.79. The highest BCUT2D eigenvalue weighted by Crippen LogP contribution is 2.31. The fourth-order valence-corrected chi connectivity index (χ4v) is 4.38. The minimum Gasteiger partial charge on any atom is -0.314 e. The summed E-state index contributed by atoms with van der Waals surface area (Å²) in [5.41, 5.74) is 4.74. The molecule has 0 spiro atoms. The van der Waals surface area contributed by atoms with Gasteiger partial charge in [0.1, 0.15) is 6.67 Å². The Morgan fingerprint density at radius 1 is 1.08 bits per heavy atom. The lowest BCUT2D eigenvalue weighted by atomic mass is 10.2. The fraction of sp³-hybridized carbons (Fsp3) is 0.250. The average molecular weight is 393 g/mol. The van der Waals surface area contributed by atoms with E-state index in [-0.39, 0.29) is 0 Å². The van der Waals surface area contributed by atoms with Gasteiger partial charge < -0.3 is 8.97 Å². The summed E-state index contributed by atoms with van der Waals surface area (Å²) < 4.78 is 5.77. The number of hydrogen-bond acceptors (Lipinski definition) is 2. The Hall–Kier alpha value is -2.27. The lowest BCUT2D eigenvalue weighted by Crippen LogP contribution is -2.19. The third-order valence-electron chi connectivity index (χ3n) is 5.40. The molecular formula is C20H17BrN4. The molecule has 2 aromatic heterocycles. The van der Waals surface area contributed by atoms with Crippen LogP contribution in [0, 0.1) is 5.92 Å². The van der Waals surface area contributed by atoms with E-state index in [4.69, 9.17) is 5.10 Å². The van der Waals surface area contributed by atoms with E-state index in [0.717, 1.165) is 29.1 Å². The Bertz CT molecular complexity index is 1230. The van der Waals surface area contributed by atoms with E-state index in [2.05, 4.69) is 78.6 Å². The zero-order chi connectivity index (χ0) is 16.5. The SMILES string of the molecule is Brc1ccc2c(c1)n1ccc3cccc(c4n2CN(CC2CC2)N=4)c31. The topological polar surface area (TPSA) is 24.9 Å². The predicted molar refractivity (Wildman–Crippen MR) is 103 cm³/mol. The fourth-order valence-electron chi connectivity index (χ4n) is 4.03. The zero-order valence-corrected chi connectivity index (χ0v) is 15.3. The van der Waals surface area contributed by atoms with Gasteiger partial charge in [0.25, 0.3) is 0 Å². The van der Waals surface area contributed by atoms with E-state index in [0.29, 0.717) is 0 Å². The third-order valence-corrected chi connectivity index (χ3v) is 5.90. The largest absolute Gasteiger partial charge is 0.314 e. The molecule has 124 valence electrons.